The standard InChI is InChI=1S/C15H13FN4O/c1-20-15(17)13(9-2-4-10(16)5-3-9)14(19-20)11-8-18-7-6-12(11)21/h2-8H,17H2,1H3,(H,18,21). The van der Waals surface area contributed by atoms with Gasteiger partial charge in [-0.3, -0.25) is 9.48 Å². The van der Waals surface area contributed by atoms with Crippen molar-refractivity contribution in [3.8, 4) is 22.4 Å². The van der Waals surface area contributed by atoms with Crippen LogP contribution in [0.2, 0.25) is 0 Å². The van der Waals surface area contributed by atoms with E-state index in [0.717, 1.165) is 0 Å². The van der Waals surface area contributed by atoms with Crippen molar-refractivity contribution in [2.24, 2.45) is 7.05 Å². The van der Waals surface area contributed by atoms with E-state index in [1.54, 1.807) is 31.6 Å². The van der Waals surface area contributed by atoms with Crippen LogP contribution in [0, 0.1) is 5.82 Å². The summed E-state index contributed by atoms with van der Waals surface area (Å²) in [5, 5.41) is 4.32. The SMILES string of the molecule is Cn1nc(-c2c[nH]ccc2=O)c(-c2ccc(F)cc2)c1N. The summed E-state index contributed by atoms with van der Waals surface area (Å²) in [5.74, 6) is 0.0835. The Hall–Kier alpha value is -2.89. The van der Waals surface area contributed by atoms with E-state index in [1.165, 1.54) is 22.9 Å². The number of pyridine rings is 1. The molecule has 0 radical (unpaired) electrons. The molecule has 0 unspecified atom stereocenters. The third-order valence-corrected chi connectivity index (χ3v) is 3.30. The smallest absolute Gasteiger partial charge is 0.191 e. The summed E-state index contributed by atoms with van der Waals surface area (Å²) >= 11 is 0. The first-order chi connectivity index (χ1) is 10.1. The van der Waals surface area contributed by atoms with E-state index >= 15 is 0 Å². The Balaban J connectivity index is 2.28. The maximum absolute atomic E-state index is 13.1. The van der Waals surface area contributed by atoms with Gasteiger partial charge in [-0.25, -0.2) is 4.39 Å². The van der Waals surface area contributed by atoms with Crippen molar-refractivity contribution in [3.63, 3.8) is 0 Å². The molecule has 3 rings (SSSR count). The van der Waals surface area contributed by atoms with Crippen molar-refractivity contribution >= 4 is 5.82 Å². The molecular weight excluding hydrogens is 271 g/mol. The van der Waals surface area contributed by atoms with Crippen LogP contribution in [-0.2, 0) is 7.05 Å². The number of hydrogen-bond donors (Lipinski definition) is 2. The Morgan fingerprint density at radius 1 is 1.24 bits per heavy atom. The fourth-order valence-electron chi connectivity index (χ4n) is 2.23. The summed E-state index contributed by atoms with van der Waals surface area (Å²) in [6.45, 7) is 0. The monoisotopic (exact) mass is 284 g/mol. The lowest BCUT2D eigenvalue weighted by atomic mass is 10.0. The van der Waals surface area contributed by atoms with Gasteiger partial charge in [0.1, 0.15) is 17.3 Å². The van der Waals surface area contributed by atoms with Gasteiger partial charge in [-0.1, -0.05) is 12.1 Å². The van der Waals surface area contributed by atoms with Gasteiger partial charge >= 0.3 is 0 Å². The second kappa shape index (κ2) is 4.90. The first-order valence-corrected chi connectivity index (χ1v) is 6.34. The maximum Gasteiger partial charge on any atom is 0.191 e. The highest BCUT2D eigenvalue weighted by molar-refractivity contribution is 5.87. The molecule has 106 valence electrons. The molecule has 0 amide bonds. The Labute approximate surface area is 119 Å². The Morgan fingerprint density at radius 3 is 2.62 bits per heavy atom. The number of aromatic nitrogens is 3. The van der Waals surface area contributed by atoms with Gasteiger partial charge in [0.15, 0.2) is 5.43 Å². The highest BCUT2D eigenvalue weighted by atomic mass is 19.1. The molecule has 0 saturated carbocycles. The molecular formula is C15H13FN4O. The van der Waals surface area contributed by atoms with Gasteiger partial charge in [0.25, 0.3) is 0 Å². The Bertz CT molecular complexity index is 849. The normalized spacial score (nSPS) is 10.8. The molecule has 5 nitrogen and oxygen atoms in total. The molecule has 0 saturated heterocycles. The number of aryl methyl sites for hydroxylation is 1. The minimum atomic E-state index is -0.333. The van der Waals surface area contributed by atoms with Crippen LogP contribution in [0.1, 0.15) is 0 Å². The van der Waals surface area contributed by atoms with Gasteiger partial charge in [-0.05, 0) is 17.7 Å². The molecule has 0 bridgehead atoms. The molecule has 0 atom stereocenters. The molecule has 0 aliphatic heterocycles. The average molecular weight is 284 g/mol. The van der Waals surface area contributed by atoms with Gasteiger partial charge in [-0.15, -0.1) is 0 Å². The summed E-state index contributed by atoms with van der Waals surface area (Å²) in [4.78, 5) is 14.9. The summed E-state index contributed by atoms with van der Waals surface area (Å²) in [7, 11) is 1.70. The lowest BCUT2D eigenvalue weighted by Gasteiger charge is -2.04. The lowest BCUT2D eigenvalue weighted by molar-refractivity contribution is 0.628. The van der Waals surface area contributed by atoms with Crippen molar-refractivity contribution in [2.45, 2.75) is 0 Å². The van der Waals surface area contributed by atoms with Crippen LogP contribution < -0.4 is 11.2 Å². The Kier molecular flexibility index (Phi) is 3.06. The van der Waals surface area contributed by atoms with Crippen LogP contribution in [0.4, 0.5) is 10.2 Å². The molecule has 21 heavy (non-hydrogen) atoms. The summed E-state index contributed by atoms with van der Waals surface area (Å²) < 4.78 is 14.6. The highest BCUT2D eigenvalue weighted by Gasteiger charge is 2.19. The third kappa shape index (κ3) is 2.20. The maximum atomic E-state index is 13.1. The van der Waals surface area contributed by atoms with Crippen LogP contribution in [0.15, 0.2) is 47.5 Å². The van der Waals surface area contributed by atoms with E-state index in [-0.39, 0.29) is 11.2 Å². The first kappa shape index (κ1) is 13.1. The predicted octanol–water partition coefficient (Wildman–Crippen LogP) is 2.16. The van der Waals surface area contributed by atoms with Gasteiger partial charge in [0.2, 0.25) is 0 Å². The van der Waals surface area contributed by atoms with Crippen molar-refractivity contribution < 1.29 is 4.39 Å². The number of benzene rings is 1. The molecule has 1 aromatic carbocycles. The number of nitrogen functional groups attached to an aromatic ring is 1. The molecule has 6 heteroatoms. The third-order valence-electron chi connectivity index (χ3n) is 3.30. The number of H-pyrrole nitrogens is 1. The van der Waals surface area contributed by atoms with E-state index in [1.807, 2.05) is 0 Å². The molecule has 2 heterocycles. The molecule has 3 N–H and O–H groups in total. The number of nitrogens with two attached hydrogens (primary N) is 1. The second-order valence-corrected chi connectivity index (χ2v) is 4.66. The van der Waals surface area contributed by atoms with Gasteiger partial charge in [-0.2, -0.15) is 5.10 Å². The van der Waals surface area contributed by atoms with Crippen molar-refractivity contribution in [1.29, 1.82) is 0 Å². The Morgan fingerprint density at radius 2 is 1.95 bits per heavy atom. The van der Waals surface area contributed by atoms with Crippen molar-refractivity contribution in [2.75, 3.05) is 5.73 Å². The molecule has 0 fully saturated rings. The summed E-state index contributed by atoms with van der Waals surface area (Å²) in [6.07, 6.45) is 3.13. The second-order valence-electron chi connectivity index (χ2n) is 4.66. The number of anilines is 1. The average Bonchev–Trinajstić information content (AvgIpc) is 2.76. The number of aromatic amines is 1. The van der Waals surface area contributed by atoms with E-state index in [4.69, 9.17) is 5.73 Å². The fraction of sp³-hybridized carbons (Fsp3) is 0.0667. The van der Waals surface area contributed by atoms with Crippen LogP contribution in [0.25, 0.3) is 22.4 Å². The van der Waals surface area contributed by atoms with Crippen LogP contribution >= 0.6 is 0 Å². The molecule has 0 spiro atoms. The van der Waals surface area contributed by atoms with Crippen LogP contribution in [0.5, 0.6) is 0 Å². The largest absolute Gasteiger partial charge is 0.383 e. The molecule has 3 aromatic rings. The molecule has 0 aliphatic rings. The topological polar surface area (TPSA) is 76.7 Å². The van der Waals surface area contributed by atoms with E-state index in [0.29, 0.717) is 28.2 Å². The van der Waals surface area contributed by atoms with E-state index < -0.39 is 0 Å². The minimum absolute atomic E-state index is 0.157. The number of rotatable bonds is 2. The van der Waals surface area contributed by atoms with Gasteiger partial charge in [0.05, 0.1) is 11.1 Å². The number of hydrogen-bond acceptors (Lipinski definition) is 3. The minimum Gasteiger partial charge on any atom is -0.383 e. The van der Waals surface area contributed by atoms with Gasteiger partial charge in [0, 0.05) is 25.5 Å². The van der Waals surface area contributed by atoms with Crippen molar-refractivity contribution in [1.82, 2.24) is 14.8 Å². The first-order valence-electron chi connectivity index (χ1n) is 6.34. The van der Waals surface area contributed by atoms with E-state index in [2.05, 4.69) is 10.1 Å². The zero-order valence-electron chi connectivity index (χ0n) is 11.3. The zero-order valence-corrected chi connectivity index (χ0v) is 11.3. The summed E-state index contributed by atoms with van der Waals surface area (Å²) in [6, 6.07) is 7.35. The fourth-order valence-corrected chi connectivity index (χ4v) is 2.23. The quantitative estimate of drug-likeness (QED) is 0.757. The van der Waals surface area contributed by atoms with Gasteiger partial charge < -0.3 is 10.7 Å². The zero-order chi connectivity index (χ0) is 15.0. The highest BCUT2D eigenvalue weighted by Crippen LogP contribution is 2.34. The number of halogens is 1. The lowest BCUT2D eigenvalue weighted by Crippen LogP contribution is -2.04. The number of nitrogens with zero attached hydrogens (tertiary/aromatic N) is 2. The van der Waals surface area contributed by atoms with Crippen LogP contribution in [-0.4, -0.2) is 14.8 Å². The summed E-state index contributed by atoms with van der Waals surface area (Å²) in [5.41, 5.74) is 8.12. The van der Waals surface area contributed by atoms with Crippen LogP contribution in [0.3, 0.4) is 0 Å². The predicted molar refractivity (Wildman–Crippen MR) is 79.1 cm³/mol. The van der Waals surface area contributed by atoms with Crippen molar-refractivity contribution in [3.05, 3.63) is 58.8 Å². The van der Waals surface area contributed by atoms with E-state index in [9.17, 15) is 9.18 Å². The molecule has 0 aliphatic carbocycles. The number of nitrogens with one attached hydrogen (secondary N) is 1. The molecule has 2 aromatic heterocycles.